The van der Waals surface area contributed by atoms with E-state index in [0.717, 1.165) is 69.8 Å². The summed E-state index contributed by atoms with van der Waals surface area (Å²) in [5.41, 5.74) is 1.65. The van der Waals surface area contributed by atoms with Gasteiger partial charge in [0.1, 0.15) is 6.10 Å². The molecule has 6 rings (SSSR count). The quantitative estimate of drug-likeness (QED) is 0.153. The van der Waals surface area contributed by atoms with Crippen molar-refractivity contribution in [1.82, 2.24) is 4.90 Å². The van der Waals surface area contributed by atoms with Crippen molar-refractivity contribution in [2.24, 2.45) is 56.2 Å². The van der Waals surface area contributed by atoms with E-state index in [2.05, 4.69) is 48.5 Å². The molecule has 292 valence electrons. The largest absolute Gasteiger partial charge is 0.481 e. The predicted octanol–water partition coefficient (Wildman–Crippen LogP) is 10.1. The summed E-state index contributed by atoms with van der Waals surface area (Å²) in [6.45, 7) is 20.2. The minimum atomic E-state index is -1.17. The second kappa shape index (κ2) is 13.5. The first-order valence-corrected chi connectivity index (χ1v) is 20.6. The number of nitrogens with zero attached hydrogens (tertiary/aromatic N) is 1. The number of benzene rings is 1. The van der Waals surface area contributed by atoms with Gasteiger partial charge < -0.3 is 14.7 Å². The number of amides is 1. The van der Waals surface area contributed by atoms with Gasteiger partial charge in [-0.2, -0.15) is 0 Å². The zero-order chi connectivity index (χ0) is 39.1. The Morgan fingerprint density at radius 2 is 1.55 bits per heavy atom. The molecule has 1 aromatic rings. The van der Waals surface area contributed by atoms with Crippen molar-refractivity contribution >= 4 is 35.2 Å². The van der Waals surface area contributed by atoms with Crippen molar-refractivity contribution in [2.75, 3.05) is 7.05 Å². The Kier molecular flexibility index (Phi) is 10.2. The van der Waals surface area contributed by atoms with Gasteiger partial charge in [-0.15, -0.1) is 0 Å². The van der Waals surface area contributed by atoms with Crippen molar-refractivity contribution < 1.29 is 29.0 Å². The van der Waals surface area contributed by atoms with Crippen molar-refractivity contribution in [3.8, 4) is 0 Å². The molecule has 8 heteroatoms. The Bertz CT molecular complexity index is 1690. The van der Waals surface area contributed by atoms with Crippen LogP contribution in [0.1, 0.15) is 139 Å². The van der Waals surface area contributed by atoms with E-state index in [9.17, 15) is 24.3 Å². The predicted molar refractivity (Wildman–Crippen MR) is 208 cm³/mol. The lowest BCUT2D eigenvalue weighted by atomic mass is 9.33. The maximum absolute atomic E-state index is 14.7. The van der Waals surface area contributed by atoms with Crippen LogP contribution in [0.2, 0.25) is 5.02 Å². The molecule has 0 saturated heterocycles. The molecule has 1 aromatic carbocycles. The maximum Gasteiger partial charge on any atom is 0.309 e. The molecule has 0 bridgehead atoms. The zero-order valence-corrected chi connectivity index (χ0v) is 34.8. The number of aliphatic carboxylic acids is 1. The smallest absolute Gasteiger partial charge is 0.309 e. The second-order valence-electron chi connectivity index (χ2n) is 20.1. The van der Waals surface area contributed by atoms with Crippen molar-refractivity contribution in [3.05, 3.63) is 46.0 Å². The lowest BCUT2D eigenvalue weighted by molar-refractivity contribution is -0.233. The monoisotopic (exact) mass is 749 g/mol. The number of carbonyl (C=O) groups is 4. The summed E-state index contributed by atoms with van der Waals surface area (Å²) in [5, 5.41) is 10.3. The average molecular weight is 750 g/mol. The number of fused-ring (bicyclic) bond motifs is 7. The number of ketones is 1. The lowest BCUT2D eigenvalue weighted by Gasteiger charge is -2.72. The van der Waals surface area contributed by atoms with Gasteiger partial charge in [-0.3, -0.25) is 19.2 Å². The first kappa shape index (κ1) is 40.0. The van der Waals surface area contributed by atoms with Gasteiger partial charge in [0.05, 0.1) is 17.3 Å². The van der Waals surface area contributed by atoms with Crippen LogP contribution < -0.4 is 0 Å². The minimum absolute atomic E-state index is 0.0123. The van der Waals surface area contributed by atoms with E-state index in [-0.39, 0.29) is 51.8 Å². The number of likely N-dealkylation sites (N-methyl/N-ethyl adjacent to an activating group) is 1. The van der Waals surface area contributed by atoms with Crippen LogP contribution in [-0.4, -0.2) is 46.8 Å². The van der Waals surface area contributed by atoms with Crippen molar-refractivity contribution in [2.45, 2.75) is 146 Å². The molecule has 0 radical (unpaired) electrons. The van der Waals surface area contributed by atoms with Gasteiger partial charge >= 0.3 is 11.9 Å². The van der Waals surface area contributed by atoms with Gasteiger partial charge in [0.25, 0.3) is 5.91 Å². The Hall–Kier alpha value is -2.67. The molecule has 7 nitrogen and oxygen atoms in total. The second-order valence-corrected chi connectivity index (χ2v) is 20.5. The fourth-order valence-corrected chi connectivity index (χ4v) is 13.3. The highest BCUT2D eigenvalue weighted by Gasteiger charge is 2.70. The molecule has 0 spiro atoms. The van der Waals surface area contributed by atoms with Gasteiger partial charge in [-0.1, -0.05) is 83.3 Å². The Balaban J connectivity index is 1.27. The molecule has 5 aliphatic carbocycles. The summed E-state index contributed by atoms with van der Waals surface area (Å²) < 4.78 is 6.17. The van der Waals surface area contributed by atoms with Crippen LogP contribution >= 0.6 is 11.6 Å². The number of carboxylic acids is 1. The number of rotatable bonds is 9. The highest BCUT2D eigenvalue weighted by atomic mass is 35.5. The summed E-state index contributed by atoms with van der Waals surface area (Å²) in [5.74, 6) is -0.586. The summed E-state index contributed by atoms with van der Waals surface area (Å²) in [4.78, 5) is 55.2. The summed E-state index contributed by atoms with van der Waals surface area (Å²) in [6.07, 6.45) is 8.87. The van der Waals surface area contributed by atoms with E-state index in [0.29, 0.717) is 29.3 Å². The fourth-order valence-electron chi connectivity index (χ4n) is 13.2. The van der Waals surface area contributed by atoms with Gasteiger partial charge in [0.2, 0.25) is 5.78 Å². The summed E-state index contributed by atoms with van der Waals surface area (Å²) >= 11 is 6.11. The van der Waals surface area contributed by atoms with E-state index in [1.54, 1.807) is 25.8 Å². The number of halogens is 1. The highest BCUT2D eigenvalue weighted by Crippen LogP contribution is 2.77. The lowest BCUT2D eigenvalue weighted by Crippen LogP contribution is -2.66. The zero-order valence-electron chi connectivity index (χ0n) is 34.0. The standard InChI is InChI=1S/C45H64ClNO6/c1-27(2)30-17-22-45(37(49)38(50)47(10)26-28-11-13-29(46)14-12-28)24-23-43(8)31(36(30)45)15-16-33-42(7)20-19-34(53-35(48)25-40(3,4)39(51)52)41(5,6)32(42)18-21-44(33,43)9/h11-14,27,31-34H,15-26H2,1-10H3,(H,51,52). The number of hydrogen-bond acceptors (Lipinski definition) is 5. The maximum atomic E-state index is 14.7. The molecule has 1 N–H and O–H groups in total. The third-order valence-corrected chi connectivity index (χ3v) is 16.6. The summed E-state index contributed by atoms with van der Waals surface area (Å²) in [7, 11) is 1.75. The Morgan fingerprint density at radius 1 is 0.887 bits per heavy atom. The molecule has 0 aromatic heterocycles. The van der Waals surface area contributed by atoms with Crippen LogP contribution in [0.5, 0.6) is 0 Å². The number of carbonyl (C=O) groups excluding carboxylic acids is 3. The SMILES string of the molecule is CC(C)C1=C2C3CCC4C5(C)CCC(OC(=O)CC(C)(C)C(=O)O)C(C)(C)C5CCC4(C)C3(C)CCC2(C(=O)C(=O)N(C)Cc2ccc(Cl)cc2)CC1. The molecule has 4 saturated carbocycles. The average Bonchev–Trinajstić information content (AvgIpc) is 3.48. The van der Waals surface area contributed by atoms with Crippen LogP contribution in [0, 0.1) is 56.2 Å². The topological polar surface area (TPSA) is 101 Å². The highest BCUT2D eigenvalue weighted by molar-refractivity contribution is 6.39. The van der Waals surface area contributed by atoms with Crippen LogP contribution in [0.3, 0.4) is 0 Å². The first-order chi connectivity index (χ1) is 24.5. The molecule has 5 aliphatic rings. The molecule has 1 amide bonds. The van der Waals surface area contributed by atoms with E-state index in [1.807, 2.05) is 24.3 Å². The molecule has 0 heterocycles. The molecule has 0 aliphatic heterocycles. The van der Waals surface area contributed by atoms with Crippen molar-refractivity contribution in [1.29, 1.82) is 0 Å². The fraction of sp³-hybridized carbons (Fsp3) is 0.733. The van der Waals surface area contributed by atoms with Crippen LogP contribution in [0.25, 0.3) is 0 Å². The third-order valence-electron chi connectivity index (χ3n) is 16.4. The van der Waals surface area contributed by atoms with Crippen LogP contribution in [-0.2, 0) is 30.5 Å². The van der Waals surface area contributed by atoms with Crippen LogP contribution in [0.4, 0.5) is 0 Å². The molecule has 53 heavy (non-hydrogen) atoms. The van der Waals surface area contributed by atoms with E-state index in [4.69, 9.17) is 16.3 Å². The minimum Gasteiger partial charge on any atom is -0.481 e. The number of carboxylic acid groups (broad SMARTS) is 1. The summed E-state index contributed by atoms with van der Waals surface area (Å²) in [6, 6.07) is 7.47. The number of allylic oxidation sites excluding steroid dienone is 2. The number of ether oxygens (including phenoxy) is 1. The number of esters is 1. The van der Waals surface area contributed by atoms with Gasteiger partial charge in [0, 0.05) is 24.0 Å². The van der Waals surface area contributed by atoms with Crippen LogP contribution in [0.15, 0.2) is 35.4 Å². The van der Waals surface area contributed by atoms with Gasteiger partial charge in [0.15, 0.2) is 0 Å². The van der Waals surface area contributed by atoms with E-state index < -0.39 is 22.8 Å². The molecule has 4 fully saturated rings. The number of hydrogen-bond donors (Lipinski definition) is 1. The normalized spacial score (nSPS) is 36.2. The Morgan fingerprint density at radius 3 is 2.17 bits per heavy atom. The molecular weight excluding hydrogens is 686 g/mol. The van der Waals surface area contributed by atoms with E-state index in [1.165, 1.54) is 11.1 Å². The molecular formula is C45H64ClNO6. The van der Waals surface area contributed by atoms with Gasteiger partial charge in [-0.25, -0.2) is 0 Å². The van der Waals surface area contributed by atoms with E-state index >= 15 is 0 Å². The van der Waals surface area contributed by atoms with Gasteiger partial charge in [-0.05, 0) is 136 Å². The Labute approximate surface area is 323 Å². The first-order valence-electron chi connectivity index (χ1n) is 20.3. The molecule has 8 unspecified atom stereocenters. The third kappa shape index (κ3) is 6.22. The van der Waals surface area contributed by atoms with Crippen molar-refractivity contribution in [3.63, 3.8) is 0 Å². The number of Topliss-reactive ketones (excluding diaryl/α,β-unsaturated/α-hetero) is 1. The molecule has 8 atom stereocenters.